The summed E-state index contributed by atoms with van der Waals surface area (Å²) >= 11 is 0. The van der Waals surface area contributed by atoms with Crippen LogP contribution in [-0.2, 0) is 0 Å². The second-order valence-corrected chi connectivity index (χ2v) is 2.59. The molecule has 0 radical (unpaired) electrons. The molecular weight excluding hydrogens is 120 g/mol. The van der Waals surface area contributed by atoms with E-state index in [0.29, 0.717) is 0 Å². The molecule has 0 aliphatic carbocycles. The molecule has 0 aromatic heterocycles. The summed E-state index contributed by atoms with van der Waals surface area (Å²) < 4.78 is 0. The van der Waals surface area contributed by atoms with Crippen LogP contribution in [0.1, 0.15) is 40.5 Å². The van der Waals surface area contributed by atoms with E-state index in [4.69, 9.17) is 0 Å². The number of allylic oxidation sites excluding steroid dienone is 4. The van der Waals surface area contributed by atoms with Crippen molar-refractivity contribution in [2.75, 3.05) is 0 Å². The summed E-state index contributed by atoms with van der Waals surface area (Å²) in [5, 5.41) is 0. The van der Waals surface area contributed by atoms with Crippen LogP contribution < -0.4 is 0 Å². The first-order chi connectivity index (χ1) is 4.72. The Hall–Kier alpha value is -0.520. The van der Waals surface area contributed by atoms with E-state index in [9.17, 15) is 0 Å². The van der Waals surface area contributed by atoms with Crippen LogP contribution in [0, 0.1) is 0 Å². The maximum absolute atomic E-state index is 2.27. The first-order valence-corrected chi connectivity index (χ1v) is 4.06. The lowest BCUT2D eigenvalue weighted by atomic mass is 10.1. The lowest BCUT2D eigenvalue weighted by Crippen LogP contribution is -1.78. The van der Waals surface area contributed by atoms with Gasteiger partial charge in [-0.2, -0.15) is 0 Å². The number of hydrogen-bond donors (Lipinski definition) is 0. The Morgan fingerprint density at radius 1 is 0.900 bits per heavy atom. The van der Waals surface area contributed by atoms with Gasteiger partial charge < -0.3 is 0 Å². The third-order valence-electron chi connectivity index (χ3n) is 1.64. The summed E-state index contributed by atoms with van der Waals surface area (Å²) in [6.45, 7) is 8.68. The van der Waals surface area contributed by atoms with Gasteiger partial charge in [0.2, 0.25) is 0 Å². The van der Waals surface area contributed by atoms with Gasteiger partial charge in [-0.15, -0.1) is 0 Å². The lowest BCUT2D eigenvalue weighted by Gasteiger charge is -1.98. The monoisotopic (exact) mass is 138 g/mol. The summed E-state index contributed by atoms with van der Waals surface area (Å²) in [6.07, 6.45) is 6.81. The van der Waals surface area contributed by atoms with Crippen molar-refractivity contribution >= 4 is 0 Å². The Morgan fingerprint density at radius 2 is 1.20 bits per heavy atom. The van der Waals surface area contributed by atoms with E-state index >= 15 is 0 Å². The van der Waals surface area contributed by atoms with Crippen molar-refractivity contribution in [3.05, 3.63) is 23.3 Å². The molecule has 0 spiro atoms. The van der Waals surface area contributed by atoms with Gasteiger partial charge in [0.25, 0.3) is 0 Å². The van der Waals surface area contributed by atoms with Crippen molar-refractivity contribution in [3.63, 3.8) is 0 Å². The normalized spacial score (nSPS) is 14.0. The van der Waals surface area contributed by atoms with Gasteiger partial charge in [0.05, 0.1) is 0 Å². The first-order valence-electron chi connectivity index (χ1n) is 4.06. The quantitative estimate of drug-likeness (QED) is 0.522. The maximum atomic E-state index is 2.27. The van der Waals surface area contributed by atoms with Crippen LogP contribution in [0.4, 0.5) is 0 Å². The first kappa shape index (κ1) is 9.48. The van der Waals surface area contributed by atoms with E-state index in [1.807, 2.05) is 0 Å². The third-order valence-corrected chi connectivity index (χ3v) is 1.64. The van der Waals surface area contributed by atoms with Gasteiger partial charge in [-0.05, 0) is 26.7 Å². The van der Waals surface area contributed by atoms with Crippen LogP contribution in [-0.4, -0.2) is 0 Å². The molecule has 0 heteroatoms. The molecule has 0 aliphatic heterocycles. The predicted octanol–water partition coefficient (Wildman–Crippen LogP) is 3.70. The summed E-state index contributed by atoms with van der Waals surface area (Å²) in [5.74, 6) is 0. The molecule has 0 aromatic rings. The average Bonchev–Trinajstić information content (AvgIpc) is 1.89. The molecule has 0 heterocycles. The molecule has 0 saturated carbocycles. The highest BCUT2D eigenvalue weighted by molar-refractivity contribution is 5.26. The maximum Gasteiger partial charge on any atom is -0.0374 e. The van der Waals surface area contributed by atoms with E-state index in [2.05, 4.69) is 39.8 Å². The molecule has 0 aliphatic rings. The molecule has 0 atom stereocenters. The van der Waals surface area contributed by atoms with E-state index < -0.39 is 0 Å². The standard InChI is InChI=1S/C10H18/c1-5-7-9(3)10(4)8-6-2/h7-8H,5-6H2,1-4H3/b9-7-,10-8-. The minimum absolute atomic E-state index is 1.14. The molecule has 10 heavy (non-hydrogen) atoms. The fourth-order valence-electron chi connectivity index (χ4n) is 0.934. The van der Waals surface area contributed by atoms with Crippen LogP contribution in [0.15, 0.2) is 23.3 Å². The van der Waals surface area contributed by atoms with Crippen LogP contribution in [0.2, 0.25) is 0 Å². The fourth-order valence-corrected chi connectivity index (χ4v) is 0.934. The molecule has 0 fully saturated rings. The summed E-state index contributed by atoms with van der Waals surface area (Å²) in [4.78, 5) is 0. The summed E-state index contributed by atoms with van der Waals surface area (Å²) in [6, 6.07) is 0. The smallest absolute Gasteiger partial charge is 0.0374 e. The van der Waals surface area contributed by atoms with Gasteiger partial charge in [-0.3, -0.25) is 0 Å². The topological polar surface area (TPSA) is 0 Å². The highest BCUT2D eigenvalue weighted by Gasteiger charge is 1.88. The zero-order valence-electron chi connectivity index (χ0n) is 7.57. The zero-order chi connectivity index (χ0) is 7.98. The largest absolute Gasteiger partial charge is 0.0816 e. The van der Waals surface area contributed by atoms with Crippen LogP contribution in [0.25, 0.3) is 0 Å². The van der Waals surface area contributed by atoms with E-state index in [0.717, 1.165) is 12.8 Å². The van der Waals surface area contributed by atoms with E-state index in [1.165, 1.54) is 11.1 Å². The van der Waals surface area contributed by atoms with Gasteiger partial charge in [0.15, 0.2) is 0 Å². The Morgan fingerprint density at radius 3 is 1.40 bits per heavy atom. The fraction of sp³-hybridized carbons (Fsp3) is 0.600. The average molecular weight is 138 g/mol. The van der Waals surface area contributed by atoms with E-state index in [-0.39, 0.29) is 0 Å². The Balaban J connectivity index is 4.06. The van der Waals surface area contributed by atoms with Gasteiger partial charge in [-0.1, -0.05) is 37.1 Å². The number of rotatable bonds is 3. The van der Waals surface area contributed by atoms with Crippen LogP contribution >= 0.6 is 0 Å². The molecule has 0 unspecified atom stereocenters. The highest BCUT2D eigenvalue weighted by atomic mass is 13.9. The molecule has 0 rings (SSSR count). The Kier molecular flexibility index (Phi) is 5.00. The molecule has 0 N–H and O–H groups in total. The minimum atomic E-state index is 1.14. The second kappa shape index (κ2) is 5.28. The summed E-state index contributed by atoms with van der Waals surface area (Å²) in [7, 11) is 0. The summed E-state index contributed by atoms with van der Waals surface area (Å²) in [5.41, 5.74) is 2.84. The van der Waals surface area contributed by atoms with Crippen molar-refractivity contribution in [3.8, 4) is 0 Å². The molecule has 0 aromatic carbocycles. The molecule has 0 saturated heterocycles. The molecule has 58 valence electrons. The van der Waals surface area contributed by atoms with Gasteiger partial charge >= 0.3 is 0 Å². The molecule has 0 bridgehead atoms. The number of hydrogen-bond acceptors (Lipinski definition) is 0. The third kappa shape index (κ3) is 3.49. The van der Waals surface area contributed by atoms with E-state index in [1.54, 1.807) is 0 Å². The minimum Gasteiger partial charge on any atom is -0.0816 e. The predicted molar refractivity (Wildman–Crippen MR) is 48.1 cm³/mol. The zero-order valence-corrected chi connectivity index (χ0v) is 7.57. The van der Waals surface area contributed by atoms with Crippen molar-refractivity contribution < 1.29 is 0 Å². The lowest BCUT2D eigenvalue weighted by molar-refractivity contribution is 1.14. The van der Waals surface area contributed by atoms with Crippen molar-refractivity contribution in [1.29, 1.82) is 0 Å². The van der Waals surface area contributed by atoms with Crippen molar-refractivity contribution in [2.24, 2.45) is 0 Å². The molecule has 0 nitrogen and oxygen atoms in total. The Bertz CT molecular complexity index is 120. The van der Waals surface area contributed by atoms with Gasteiger partial charge in [-0.25, -0.2) is 0 Å². The molecule has 0 amide bonds. The van der Waals surface area contributed by atoms with Crippen LogP contribution in [0.5, 0.6) is 0 Å². The van der Waals surface area contributed by atoms with Crippen LogP contribution in [0.3, 0.4) is 0 Å². The highest BCUT2D eigenvalue weighted by Crippen LogP contribution is 2.09. The SMILES string of the molecule is CC/C=C(C)\C(C)=C/CC. The second-order valence-electron chi connectivity index (χ2n) is 2.59. The van der Waals surface area contributed by atoms with Gasteiger partial charge in [0, 0.05) is 0 Å². The Labute approximate surface area is 64.6 Å². The van der Waals surface area contributed by atoms with Crippen molar-refractivity contribution in [1.82, 2.24) is 0 Å². The van der Waals surface area contributed by atoms with Crippen molar-refractivity contribution in [2.45, 2.75) is 40.5 Å². The molecular formula is C10H18. The van der Waals surface area contributed by atoms with Gasteiger partial charge in [0.1, 0.15) is 0 Å².